The van der Waals surface area contributed by atoms with Gasteiger partial charge in [0.25, 0.3) is 0 Å². The molecule has 0 aliphatic carbocycles. The summed E-state index contributed by atoms with van der Waals surface area (Å²) >= 11 is 0. The summed E-state index contributed by atoms with van der Waals surface area (Å²) in [6.45, 7) is 7.27. The molecular weight excluding hydrogens is 214 g/mol. The molecule has 0 aliphatic rings. The highest BCUT2D eigenvalue weighted by atomic mass is 16.1. The van der Waals surface area contributed by atoms with E-state index in [0.717, 1.165) is 32.5 Å². The number of carbonyl (C=O) groups is 1. The molecule has 0 unspecified atom stereocenters. The summed E-state index contributed by atoms with van der Waals surface area (Å²) in [7, 11) is 0. The predicted octanol–water partition coefficient (Wildman–Crippen LogP) is 1.51. The Morgan fingerprint density at radius 2 is 2.06 bits per heavy atom. The van der Waals surface area contributed by atoms with E-state index in [2.05, 4.69) is 23.6 Å². The van der Waals surface area contributed by atoms with Crippen LogP contribution in [0.25, 0.3) is 0 Å². The lowest BCUT2D eigenvalue weighted by Crippen LogP contribution is -2.27. The predicted molar refractivity (Wildman–Crippen MR) is 69.7 cm³/mol. The van der Waals surface area contributed by atoms with Crippen LogP contribution < -0.4 is 10.6 Å². The standard InChI is InChI=1S/C13H23N3O/c1-3-6-14-9-12-5-8-16(10-12)11-13(17)15-7-4-2/h5,8,10,14H,3-4,6-7,9,11H2,1-2H3,(H,15,17). The fourth-order valence-electron chi connectivity index (χ4n) is 1.59. The summed E-state index contributed by atoms with van der Waals surface area (Å²) in [5, 5.41) is 6.21. The second kappa shape index (κ2) is 7.90. The normalized spacial score (nSPS) is 10.5. The highest BCUT2D eigenvalue weighted by Gasteiger charge is 2.02. The van der Waals surface area contributed by atoms with Crippen molar-refractivity contribution in [3.05, 3.63) is 24.0 Å². The fourth-order valence-corrected chi connectivity index (χ4v) is 1.59. The van der Waals surface area contributed by atoms with Gasteiger partial charge >= 0.3 is 0 Å². The zero-order chi connectivity index (χ0) is 12.5. The van der Waals surface area contributed by atoms with Crippen molar-refractivity contribution in [1.82, 2.24) is 15.2 Å². The van der Waals surface area contributed by atoms with Gasteiger partial charge in [0.1, 0.15) is 6.54 Å². The molecule has 0 atom stereocenters. The number of rotatable bonds is 8. The first-order chi connectivity index (χ1) is 8.26. The Morgan fingerprint density at radius 3 is 2.76 bits per heavy atom. The first-order valence-electron chi connectivity index (χ1n) is 6.38. The summed E-state index contributed by atoms with van der Waals surface area (Å²) in [5.41, 5.74) is 1.22. The molecule has 0 bridgehead atoms. The molecule has 17 heavy (non-hydrogen) atoms. The van der Waals surface area contributed by atoms with Gasteiger partial charge in [-0.05, 0) is 31.0 Å². The summed E-state index contributed by atoms with van der Waals surface area (Å²) in [5.74, 6) is 0.0792. The van der Waals surface area contributed by atoms with Crippen LogP contribution in [0.3, 0.4) is 0 Å². The Bertz CT molecular complexity index is 333. The summed E-state index contributed by atoms with van der Waals surface area (Å²) < 4.78 is 1.92. The molecule has 0 spiro atoms. The maximum absolute atomic E-state index is 11.5. The third kappa shape index (κ3) is 5.54. The Kier molecular flexibility index (Phi) is 6.40. The van der Waals surface area contributed by atoms with Gasteiger partial charge in [-0.1, -0.05) is 13.8 Å². The van der Waals surface area contributed by atoms with Crippen LogP contribution >= 0.6 is 0 Å². The van der Waals surface area contributed by atoms with Crippen LogP contribution in [0.5, 0.6) is 0 Å². The number of amides is 1. The van der Waals surface area contributed by atoms with Crippen LogP contribution in [0.4, 0.5) is 0 Å². The van der Waals surface area contributed by atoms with Gasteiger partial charge in [0, 0.05) is 25.5 Å². The van der Waals surface area contributed by atoms with E-state index in [9.17, 15) is 4.79 Å². The van der Waals surface area contributed by atoms with Gasteiger partial charge in [-0.3, -0.25) is 4.79 Å². The lowest BCUT2D eigenvalue weighted by molar-refractivity contribution is -0.121. The molecule has 1 aromatic rings. The Morgan fingerprint density at radius 1 is 1.29 bits per heavy atom. The summed E-state index contributed by atoms with van der Waals surface area (Å²) in [6.07, 6.45) is 6.09. The SMILES string of the molecule is CCCNCc1ccn(CC(=O)NCCC)c1. The number of hydrogen-bond acceptors (Lipinski definition) is 2. The molecule has 0 radical (unpaired) electrons. The van der Waals surface area contributed by atoms with E-state index in [-0.39, 0.29) is 5.91 Å². The molecule has 0 aromatic carbocycles. The largest absolute Gasteiger partial charge is 0.355 e. The lowest BCUT2D eigenvalue weighted by Gasteiger charge is -2.04. The van der Waals surface area contributed by atoms with E-state index in [1.165, 1.54) is 5.56 Å². The topological polar surface area (TPSA) is 46.1 Å². The number of nitrogens with zero attached hydrogens (tertiary/aromatic N) is 1. The average molecular weight is 237 g/mol. The maximum atomic E-state index is 11.5. The molecular formula is C13H23N3O. The highest BCUT2D eigenvalue weighted by Crippen LogP contribution is 2.00. The van der Waals surface area contributed by atoms with Crippen LogP contribution in [-0.2, 0) is 17.9 Å². The smallest absolute Gasteiger partial charge is 0.239 e. The third-order valence-electron chi connectivity index (χ3n) is 2.47. The first kappa shape index (κ1) is 13.8. The highest BCUT2D eigenvalue weighted by molar-refractivity contribution is 5.75. The second-order valence-corrected chi connectivity index (χ2v) is 4.22. The molecule has 0 saturated carbocycles. The summed E-state index contributed by atoms with van der Waals surface area (Å²) in [4.78, 5) is 11.5. The lowest BCUT2D eigenvalue weighted by atomic mass is 10.3. The molecule has 0 fully saturated rings. The van der Waals surface area contributed by atoms with Crippen molar-refractivity contribution < 1.29 is 4.79 Å². The summed E-state index contributed by atoms with van der Waals surface area (Å²) in [6, 6.07) is 2.05. The van der Waals surface area contributed by atoms with Crippen LogP contribution in [0.1, 0.15) is 32.3 Å². The van der Waals surface area contributed by atoms with Crippen molar-refractivity contribution >= 4 is 5.91 Å². The van der Waals surface area contributed by atoms with Gasteiger partial charge < -0.3 is 15.2 Å². The number of carbonyl (C=O) groups excluding carboxylic acids is 1. The average Bonchev–Trinajstić information content (AvgIpc) is 2.74. The number of nitrogens with one attached hydrogen (secondary N) is 2. The third-order valence-corrected chi connectivity index (χ3v) is 2.47. The minimum Gasteiger partial charge on any atom is -0.355 e. The van der Waals surface area contributed by atoms with E-state index >= 15 is 0 Å². The van der Waals surface area contributed by atoms with E-state index in [1.54, 1.807) is 0 Å². The molecule has 2 N–H and O–H groups in total. The number of hydrogen-bond donors (Lipinski definition) is 2. The zero-order valence-corrected chi connectivity index (χ0v) is 10.8. The molecule has 4 nitrogen and oxygen atoms in total. The van der Waals surface area contributed by atoms with E-state index in [0.29, 0.717) is 6.54 Å². The van der Waals surface area contributed by atoms with Crippen molar-refractivity contribution in [2.75, 3.05) is 13.1 Å². The van der Waals surface area contributed by atoms with E-state index in [1.807, 2.05) is 23.9 Å². The van der Waals surface area contributed by atoms with Crippen molar-refractivity contribution in [1.29, 1.82) is 0 Å². The van der Waals surface area contributed by atoms with E-state index < -0.39 is 0 Å². The molecule has 96 valence electrons. The van der Waals surface area contributed by atoms with Crippen LogP contribution in [0.2, 0.25) is 0 Å². The Balaban J connectivity index is 2.32. The van der Waals surface area contributed by atoms with Crippen molar-refractivity contribution in [2.45, 2.75) is 39.8 Å². The minimum atomic E-state index is 0.0792. The molecule has 0 saturated heterocycles. The van der Waals surface area contributed by atoms with Gasteiger partial charge in [-0.25, -0.2) is 0 Å². The zero-order valence-electron chi connectivity index (χ0n) is 10.8. The fraction of sp³-hybridized carbons (Fsp3) is 0.615. The molecule has 1 amide bonds. The van der Waals surface area contributed by atoms with Crippen molar-refractivity contribution in [3.8, 4) is 0 Å². The second-order valence-electron chi connectivity index (χ2n) is 4.22. The van der Waals surface area contributed by atoms with Crippen LogP contribution in [0.15, 0.2) is 18.5 Å². The molecule has 4 heteroatoms. The molecule has 1 rings (SSSR count). The van der Waals surface area contributed by atoms with Gasteiger partial charge in [-0.15, -0.1) is 0 Å². The molecule has 1 aromatic heterocycles. The van der Waals surface area contributed by atoms with Gasteiger partial charge in [0.15, 0.2) is 0 Å². The maximum Gasteiger partial charge on any atom is 0.239 e. The minimum absolute atomic E-state index is 0.0792. The Hall–Kier alpha value is -1.29. The quantitative estimate of drug-likeness (QED) is 0.673. The van der Waals surface area contributed by atoms with Crippen LogP contribution in [-0.4, -0.2) is 23.6 Å². The van der Waals surface area contributed by atoms with Gasteiger partial charge in [-0.2, -0.15) is 0 Å². The van der Waals surface area contributed by atoms with Gasteiger partial charge in [0.2, 0.25) is 5.91 Å². The Labute approximate surface area is 103 Å². The van der Waals surface area contributed by atoms with Crippen molar-refractivity contribution in [3.63, 3.8) is 0 Å². The molecule has 0 aliphatic heterocycles. The van der Waals surface area contributed by atoms with Crippen LogP contribution in [0, 0.1) is 0 Å². The monoisotopic (exact) mass is 237 g/mol. The van der Waals surface area contributed by atoms with Gasteiger partial charge in [0.05, 0.1) is 0 Å². The first-order valence-corrected chi connectivity index (χ1v) is 6.38. The molecule has 1 heterocycles. The van der Waals surface area contributed by atoms with E-state index in [4.69, 9.17) is 0 Å². The van der Waals surface area contributed by atoms with Crippen molar-refractivity contribution in [2.24, 2.45) is 0 Å². The number of aromatic nitrogens is 1.